The van der Waals surface area contributed by atoms with Gasteiger partial charge in [-0.25, -0.2) is 9.59 Å². The number of hydrogen-bond acceptors (Lipinski definition) is 6. The first-order chi connectivity index (χ1) is 12.7. The van der Waals surface area contributed by atoms with E-state index in [9.17, 15) is 9.59 Å². The Morgan fingerprint density at radius 1 is 0.885 bits per heavy atom. The van der Waals surface area contributed by atoms with Crippen molar-refractivity contribution < 1.29 is 27.9 Å². The van der Waals surface area contributed by atoms with E-state index in [0.29, 0.717) is 17.8 Å². The Bertz CT molecular complexity index is 792. The molecule has 6 nitrogen and oxygen atoms in total. The summed E-state index contributed by atoms with van der Waals surface area (Å²) in [6.45, 7) is 0. The van der Waals surface area contributed by atoms with E-state index in [0.717, 1.165) is 6.42 Å². The number of esters is 2. The molecule has 3 aliphatic carbocycles. The van der Waals surface area contributed by atoms with E-state index in [1.807, 2.05) is 0 Å². The quantitative estimate of drug-likeness (QED) is 0.778. The molecule has 2 bridgehead atoms. The van der Waals surface area contributed by atoms with Gasteiger partial charge in [0, 0.05) is 5.92 Å². The van der Waals surface area contributed by atoms with Crippen molar-refractivity contribution in [2.75, 3.05) is 0 Å². The fourth-order valence-electron chi connectivity index (χ4n) is 5.40. The molecule has 26 heavy (non-hydrogen) atoms. The maximum atomic E-state index is 12.4. The van der Waals surface area contributed by atoms with Crippen LogP contribution in [-0.2, 0) is 9.47 Å². The summed E-state index contributed by atoms with van der Waals surface area (Å²) < 4.78 is 21.8. The number of furan rings is 2. The molecule has 6 atom stereocenters. The van der Waals surface area contributed by atoms with E-state index in [2.05, 4.69) is 0 Å². The average Bonchev–Trinajstić information content (AvgIpc) is 3.42. The second-order valence-electron chi connectivity index (χ2n) is 7.58. The van der Waals surface area contributed by atoms with Crippen LogP contribution in [0.5, 0.6) is 0 Å². The molecule has 2 heterocycles. The third kappa shape index (κ3) is 2.47. The monoisotopic (exact) mass is 356 g/mol. The van der Waals surface area contributed by atoms with E-state index in [-0.39, 0.29) is 17.4 Å². The van der Waals surface area contributed by atoms with Crippen LogP contribution < -0.4 is 0 Å². The lowest BCUT2D eigenvalue weighted by Gasteiger charge is -2.29. The van der Waals surface area contributed by atoms with Gasteiger partial charge in [-0.1, -0.05) is 0 Å². The molecule has 5 rings (SSSR count). The van der Waals surface area contributed by atoms with Crippen LogP contribution in [0.4, 0.5) is 0 Å². The first-order valence-corrected chi connectivity index (χ1v) is 9.19. The van der Waals surface area contributed by atoms with Gasteiger partial charge in [0.2, 0.25) is 11.5 Å². The second kappa shape index (κ2) is 6.04. The predicted octanol–water partition coefficient (Wildman–Crippen LogP) is 3.69. The zero-order valence-electron chi connectivity index (χ0n) is 14.2. The van der Waals surface area contributed by atoms with Gasteiger partial charge < -0.3 is 18.3 Å². The SMILES string of the molecule is O=C(OC1CC2C3CCC(C3)C2C1OC(=O)c1ccco1)c1ccco1. The van der Waals surface area contributed by atoms with Gasteiger partial charge in [0.1, 0.15) is 12.2 Å². The van der Waals surface area contributed by atoms with E-state index in [1.165, 1.54) is 31.8 Å². The van der Waals surface area contributed by atoms with Crippen molar-refractivity contribution in [2.45, 2.75) is 37.9 Å². The highest BCUT2D eigenvalue weighted by Gasteiger charge is 2.59. The third-order valence-electron chi connectivity index (χ3n) is 6.35. The summed E-state index contributed by atoms with van der Waals surface area (Å²) in [5.74, 6) is 1.26. The summed E-state index contributed by atoms with van der Waals surface area (Å²) in [4.78, 5) is 24.8. The van der Waals surface area contributed by atoms with Crippen molar-refractivity contribution in [2.24, 2.45) is 23.7 Å². The maximum Gasteiger partial charge on any atom is 0.374 e. The summed E-state index contributed by atoms with van der Waals surface area (Å²) in [7, 11) is 0. The van der Waals surface area contributed by atoms with E-state index in [4.69, 9.17) is 18.3 Å². The third-order valence-corrected chi connectivity index (χ3v) is 6.35. The Hall–Kier alpha value is -2.50. The molecular weight excluding hydrogens is 336 g/mol. The van der Waals surface area contributed by atoms with Crippen molar-refractivity contribution in [1.82, 2.24) is 0 Å². The fraction of sp³-hybridized carbons (Fsp3) is 0.500. The van der Waals surface area contributed by atoms with Gasteiger partial charge in [0.25, 0.3) is 0 Å². The highest BCUT2D eigenvalue weighted by molar-refractivity contribution is 5.87. The molecule has 3 aliphatic rings. The van der Waals surface area contributed by atoms with Gasteiger partial charge in [-0.05, 0) is 67.7 Å². The number of hydrogen-bond donors (Lipinski definition) is 0. The molecule has 0 N–H and O–H groups in total. The molecule has 3 saturated carbocycles. The van der Waals surface area contributed by atoms with Crippen molar-refractivity contribution in [3.05, 3.63) is 48.3 Å². The van der Waals surface area contributed by atoms with E-state index >= 15 is 0 Å². The van der Waals surface area contributed by atoms with Gasteiger partial charge in [0.15, 0.2) is 0 Å². The number of rotatable bonds is 4. The Kier molecular flexibility index (Phi) is 3.65. The first-order valence-electron chi connectivity index (χ1n) is 9.19. The van der Waals surface area contributed by atoms with Crippen LogP contribution in [-0.4, -0.2) is 24.1 Å². The standard InChI is InChI=1S/C20H20O6/c21-19(14-3-1-7-23-14)25-16-10-13-11-5-6-12(9-11)17(13)18(16)26-20(22)15-4-2-8-24-15/h1-4,7-8,11-13,16-18H,5-6,9-10H2. The smallest absolute Gasteiger partial charge is 0.374 e. The molecule has 6 heteroatoms. The lowest BCUT2D eigenvalue weighted by Crippen LogP contribution is -2.37. The summed E-state index contributed by atoms with van der Waals surface area (Å²) in [5.41, 5.74) is 0. The molecule has 0 radical (unpaired) electrons. The minimum atomic E-state index is -0.508. The van der Waals surface area contributed by atoms with E-state index in [1.54, 1.807) is 24.3 Å². The van der Waals surface area contributed by atoms with Gasteiger partial charge in [-0.3, -0.25) is 0 Å². The zero-order chi connectivity index (χ0) is 17.7. The number of carbonyl (C=O) groups is 2. The number of carbonyl (C=O) groups excluding carboxylic acids is 2. The van der Waals surface area contributed by atoms with Gasteiger partial charge in [-0.2, -0.15) is 0 Å². The number of fused-ring (bicyclic) bond motifs is 5. The molecule has 2 aromatic heterocycles. The molecule has 6 unspecified atom stereocenters. The molecule has 2 aromatic rings. The number of ether oxygens (including phenoxy) is 2. The molecule has 3 fully saturated rings. The second-order valence-corrected chi connectivity index (χ2v) is 7.58. The van der Waals surface area contributed by atoms with Gasteiger partial charge in [0.05, 0.1) is 12.5 Å². The van der Waals surface area contributed by atoms with Gasteiger partial charge >= 0.3 is 11.9 Å². The van der Waals surface area contributed by atoms with Crippen LogP contribution in [0.15, 0.2) is 45.6 Å². The average molecular weight is 356 g/mol. The van der Waals surface area contributed by atoms with Crippen LogP contribution in [0, 0.1) is 23.7 Å². The van der Waals surface area contributed by atoms with Crippen molar-refractivity contribution in [1.29, 1.82) is 0 Å². The molecule has 136 valence electrons. The van der Waals surface area contributed by atoms with Crippen molar-refractivity contribution in [3.63, 3.8) is 0 Å². The van der Waals surface area contributed by atoms with Gasteiger partial charge in [-0.15, -0.1) is 0 Å². The molecule has 0 saturated heterocycles. The summed E-state index contributed by atoms with van der Waals surface area (Å²) in [6.07, 6.45) is 6.35. The summed E-state index contributed by atoms with van der Waals surface area (Å²) in [5, 5.41) is 0. The predicted molar refractivity (Wildman–Crippen MR) is 88.3 cm³/mol. The highest BCUT2D eigenvalue weighted by Crippen LogP contribution is 2.60. The molecule has 0 aliphatic heterocycles. The lowest BCUT2D eigenvalue weighted by atomic mass is 9.81. The van der Waals surface area contributed by atoms with Crippen LogP contribution in [0.2, 0.25) is 0 Å². The molecule has 0 aromatic carbocycles. The molecule has 0 spiro atoms. The minimum Gasteiger partial charge on any atom is -0.457 e. The fourth-order valence-corrected chi connectivity index (χ4v) is 5.40. The maximum absolute atomic E-state index is 12.4. The van der Waals surface area contributed by atoms with Crippen molar-refractivity contribution >= 4 is 11.9 Å². The summed E-state index contributed by atoms with van der Waals surface area (Å²) >= 11 is 0. The largest absolute Gasteiger partial charge is 0.457 e. The first kappa shape index (κ1) is 15.7. The normalized spacial score (nSPS) is 34.6. The zero-order valence-corrected chi connectivity index (χ0v) is 14.2. The molecule has 0 amide bonds. The Balaban J connectivity index is 1.37. The van der Waals surface area contributed by atoms with Crippen LogP contribution in [0.1, 0.15) is 46.8 Å². The lowest BCUT2D eigenvalue weighted by molar-refractivity contribution is -0.0443. The Labute approximate surface area is 150 Å². The van der Waals surface area contributed by atoms with Crippen LogP contribution in [0.3, 0.4) is 0 Å². The van der Waals surface area contributed by atoms with Crippen LogP contribution in [0.25, 0.3) is 0 Å². The summed E-state index contributed by atoms with van der Waals surface area (Å²) in [6, 6.07) is 6.46. The topological polar surface area (TPSA) is 78.9 Å². The van der Waals surface area contributed by atoms with Crippen molar-refractivity contribution in [3.8, 4) is 0 Å². The Morgan fingerprint density at radius 2 is 1.54 bits per heavy atom. The van der Waals surface area contributed by atoms with E-state index < -0.39 is 24.1 Å². The minimum absolute atomic E-state index is 0.168. The van der Waals surface area contributed by atoms with Crippen LogP contribution >= 0.6 is 0 Å². The molecular formula is C20H20O6. The Morgan fingerprint density at radius 3 is 2.19 bits per heavy atom. The highest BCUT2D eigenvalue weighted by atomic mass is 16.6.